The van der Waals surface area contributed by atoms with Gasteiger partial charge >= 0.3 is 5.97 Å². The second-order valence-corrected chi connectivity index (χ2v) is 13.6. The third kappa shape index (κ3) is 7.31. The van der Waals surface area contributed by atoms with Crippen LogP contribution in [0.3, 0.4) is 0 Å². The number of hydrogen-bond donors (Lipinski definition) is 3. The van der Waals surface area contributed by atoms with Crippen LogP contribution in [0, 0.1) is 0 Å². The number of nitrogens with one attached hydrogen (secondary N) is 2. The molecule has 3 amide bonds. The van der Waals surface area contributed by atoms with Gasteiger partial charge in [0, 0.05) is 36.8 Å². The molecule has 0 spiro atoms. The van der Waals surface area contributed by atoms with E-state index in [0.717, 1.165) is 53.9 Å². The van der Waals surface area contributed by atoms with Crippen molar-refractivity contribution in [3.63, 3.8) is 0 Å². The van der Waals surface area contributed by atoms with Gasteiger partial charge in [0.2, 0.25) is 11.8 Å². The molecule has 3 aromatic carbocycles. The molecule has 0 atom stereocenters. The lowest BCUT2D eigenvalue weighted by molar-refractivity contribution is -0.131. The second kappa shape index (κ2) is 14.5. The number of likely N-dealkylation sites (N-methyl/N-ethyl adjacent to an activating group) is 1. The number of anilines is 1. The molecular formula is C40H44N4O5. The van der Waals surface area contributed by atoms with E-state index in [4.69, 9.17) is 5.11 Å². The maximum absolute atomic E-state index is 14.1. The van der Waals surface area contributed by atoms with E-state index < -0.39 is 11.5 Å². The predicted molar refractivity (Wildman–Crippen MR) is 192 cm³/mol. The number of carbonyl (C=O) groups is 4. The molecule has 2 saturated carbocycles. The van der Waals surface area contributed by atoms with Crippen LogP contribution in [0.1, 0.15) is 85.2 Å². The van der Waals surface area contributed by atoms with Crippen LogP contribution in [0.2, 0.25) is 0 Å². The van der Waals surface area contributed by atoms with Gasteiger partial charge in [-0.15, -0.1) is 0 Å². The number of fused-ring (bicyclic) bond motifs is 1. The van der Waals surface area contributed by atoms with Gasteiger partial charge in [-0.1, -0.05) is 80.6 Å². The highest BCUT2D eigenvalue weighted by Gasteiger charge is 2.43. The highest BCUT2D eigenvalue weighted by molar-refractivity contribution is 6.06. The molecule has 3 N–H and O–H groups in total. The maximum atomic E-state index is 14.1. The minimum absolute atomic E-state index is 0.0355. The first-order valence-electron chi connectivity index (χ1n) is 17.2. The SMILES string of the molecule is CN(C)C(=O)Cn1c(-c2ccccc2)c(C2CCCCC2)c2ccc(C(=O)NC3(C(=O)Nc4ccc(C=CC(=O)O)cc4)CCCC3)cc21. The van der Waals surface area contributed by atoms with E-state index >= 15 is 0 Å². The van der Waals surface area contributed by atoms with Gasteiger partial charge < -0.3 is 25.2 Å². The van der Waals surface area contributed by atoms with Crippen molar-refractivity contribution in [1.82, 2.24) is 14.8 Å². The van der Waals surface area contributed by atoms with Gasteiger partial charge in [-0.25, -0.2) is 4.79 Å². The molecule has 49 heavy (non-hydrogen) atoms. The average Bonchev–Trinajstić information content (AvgIpc) is 3.71. The highest BCUT2D eigenvalue weighted by atomic mass is 16.4. The molecule has 2 aliphatic carbocycles. The van der Waals surface area contributed by atoms with Crippen LogP contribution < -0.4 is 10.6 Å². The monoisotopic (exact) mass is 660 g/mol. The van der Waals surface area contributed by atoms with Gasteiger partial charge in [0.05, 0.1) is 11.2 Å². The zero-order valence-corrected chi connectivity index (χ0v) is 28.2. The summed E-state index contributed by atoms with van der Waals surface area (Å²) in [4.78, 5) is 53.5. The van der Waals surface area contributed by atoms with Crippen molar-refractivity contribution in [1.29, 1.82) is 0 Å². The minimum atomic E-state index is -1.07. The zero-order chi connectivity index (χ0) is 34.5. The molecule has 0 radical (unpaired) electrons. The number of rotatable bonds is 10. The molecule has 1 heterocycles. The first-order valence-corrected chi connectivity index (χ1v) is 17.2. The summed E-state index contributed by atoms with van der Waals surface area (Å²) in [5.41, 5.74) is 4.78. The minimum Gasteiger partial charge on any atom is -0.478 e. The van der Waals surface area contributed by atoms with E-state index in [9.17, 15) is 19.2 Å². The predicted octanol–water partition coefficient (Wildman–Crippen LogP) is 7.22. The van der Waals surface area contributed by atoms with Crippen molar-refractivity contribution in [3.8, 4) is 11.3 Å². The van der Waals surface area contributed by atoms with Gasteiger partial charge in [-0.2, -0.15) is 0 Å². The van der Waals surface area contributed by atoms with Crippen LogP contribution in [0.4, 0.5) is 5.69 Å². The Morgan fingerprint density at radius 2 is 1.59 bits per heavy atom. The van der Waals surface area contributed by atoms with Crippen molar-refractivity contribution in [2.24, 2.45) is 0 Å². The number of aliphatic carboxylic acids is 1. The molecule has 4 aromatic rings. The lowest BCUT2D eigenvalue weighted by atomic mass is 9.81. The molecule has 254 valence electrons. The fraction of sp³-hybridized carbons (Fsp3) is 0.350. The number of aromatic nitrogens is 1. The number of carboxylic acid groups (broad SMARTS) is 1. The van der Waals surface area contributed by atoms with Crippen LogP contribution in [0.25, 0.3) is 28.2 Å². The lowest BCUT2D eigenvalue weighted by Crippen LogP contribution is -2.55. The molecule has 2 fully saturated rings. The summed E-state index contributed by atoms with van der Waals surface area (Å²) in [6.45, 7) is 0.142. The van der Waals surface area contributed by atoms with E-state index in [2.05, 4.69) is 27.3 Å². The van der Waals surface area contributed by atoms with E-state index in [0.29, 0.717) is 35.6 Å². The van der Waals surface area contributed by atoms with Crippen molar-refractivity contribution in [2.45, 2.75) is 75.8 Å². The quantitative estimate of drug-likeness (QED) is 0.155. The normalized spacial score (nSPS) is 16.1. The fourth-order valence-electron chi connectivity index (χ4n) is 7.44. The lowest BCUT2D eigenvalue weighted by Gasteiger charge is -2.29. The van der Waals surface area contributed by atoms with Crippen LogP contribution in [0.5, 0.6) is 0 Å². The summed E-state index contributed by atoms with van der Waals surface area (Å²) in [5.74, 6) is -1.33. The molecule has 0 unspecified atom stereocenters. The number of benzene rings is 3. The highest BCUT2D eigenvalue weighted by Crippen LogP contribution is 2.44. The smallest absolute Gasteiger partial charge is 0.328 e. The Labute approximate surface area is 287 Å². The van der Waals surface area contributed by atoms with Gasteiger partial charge in [-0.05, 0) is 78.6 Å². The van der Waals surface area contributed by atoms with Crippen LogP contribution in [-0.4, -0.2) is 57.9 Å². The molecule has 9 nitrogen and oxygen atoms in total. The zero-order valence-electron chi connectivity index (χ0n) is 28.2. The number of amides is 3. The first kappa shape index (κ1) is 33.7. The topological polar surface area (TPSA) is 121 Å². The Morgan fingerprint density at radius 3 is 2.24 bits per heavy atom. The number of nitrogens with zero attached hydrogens (tertiary/aromatic N) is 2. The number of carboxylic acids is 1. The second-order valence-electron chi connectivity index (χ2n) is 13.6. The number of carbonyl (C=O) groups excluding carboxylic acids is 3. The van der Waals surface area contributed by atoms with E-state index in [1.165, 1.54) is 30.9 Å². The van der Waals surface area contributed by atoms with Crippen LogP contribution in [0.15, 0.2) is 78.9 Å². The Hall–Kier alpha value is -5.18. The van der Waals surface area contributed by atoms with Crippen LogP contribution in [-0.2, 0) is 20.9 Å². The molecule has 1 aromatic heterocycles. The van der Waals surface area contributed by atoms with E-state index in [1.54, 1.807) is 43.3 Å². The summed E-state index contributed by atoms with van der Waals surface area (Å²) >= 11 is 0. The van der Waals surface area contributed by atoms with Crippen LogP contribution >= 0.6 is 0 Å². The average molecular weight is 661 g/mol. The molecule has 9 heteroatoms. The third-order valence-corrected chi connectivity index (χ3v) is 10.1. The number of hydrogen-bond acceptors (Lipinski definition) is 4. The van der Waals surface area contributed by atoms with E-state index in [-0.39, 0.29) is 24.3 Å². The summed E-state index contributed by atoms with van der Waals surface area (Å²) in [6, 6.07) is 22.9. The van der Waals surface area contributed by atoms with Crippen molar-refractivity contribution in [2.75, 3.05) is 19.4 Å². The van der Waals surface area contributed by atoms with Gasteiger partial charge in [0.15, 0.2) is 0 Å². The van der Waals surface area contributed by atoms with Gasteiger partial charge in [0.1, 0.15) is 12.1 Å². The third-order valence-electron chi connectivity index (χ3n) is 10.1. The Bertz CT molecular complexity index is 1880. The van der Waals surface area contributed by atoms with E-state index in [1.807, 2.05) is 36.4 Å². The molecule has 0 bridgehead atoms. The molecule has 2 aliphatic rings. The standard InChI is InChI=1S/C40H44N4O5/c1-43(2)34(45)26-44-33-25-30(18-21-32(33)36(28-11-5-3-6-12-28)37(44)29-13-7-4-8-14-29)38(48)42-40(23-9-10-24-40)39(49)41-31-19-15-27(16-20-31)17-22-35(46)47/h4,7-8,13-22,25,28H,3,5-6,9-12,23-24,26H2,1-2H3,(H,41,49)(H,42,48)(H,46,47). The molecule has 6 rings (SSSR count). The summed E-state index contributed by atoms with van der Waals surface area (Å²) in [5, 5.41) is 16.0. The summed E-state index contributed by atoms with van der Waals surface area (Å²) in [6.07, 6.45) is 10.9. The van der Waals surface area contributed by atoms with Crippen molar-refractivity contribution < 1.29 is 24.3 Å². The summed E-state index contributed by atoms with van der Waals surface area (Å²) in [7, 11) is 3.52. The maximum Gasteiger partial charge on any atom is 0.328 e. The largest absolute Gasteiger partial charge is 0.478 e. The Kier molecular flexibility index (Phi) is 9.99. The summed E-state index contributed by atoms with van der Waals surface area (Å²) < 4.78 is 2.08. The fourth-order valence-corrected chi connectivity index (χ4v) is 7.44. The van der Waals surface area contributed by atoms with Crippen molar-refractivity contribution >= 4 is 46.4 Å². The first-order chi connectivity index (χ1) is 23.6. The van der Waals surface area contributed by atoms with Crippen molar-refractivity contribution in [3.05, 3.63) is 95.6 Å². The van der Waals surface area contributed by atoms with Gasteiger partial charge in [-0.3, -0.25) is 14.4 Å². The Balaban J connectivity index is 1.35. The Morgan fingerprint density at radius 1 is 0.898 bits per heavy atom. The molecule has 0 saturated heterocycles. The molecular weight excluding hydrogens is 616 g/mol. The van der Waals surface area contributed by atoms with Gasteiger partial charge in [0.25, 0.3) is 5.91 Å². The molecule has 0 aliphatic heterocycles.